The molecule has 0 saturated carbocycles. The standard InChI is InChI=1S/C12H19N3/c1-13-4-5-14-7-10-2-3-11-8-15-9-12(11)6-10/h2-3,6,13-15H,4-5,7-9H2,1H3. The molecule has 1 heterocycles. The number of hydrogen-bond acceptors (Lipinski definition) is 3. The van der Waals surface area contributed by atoms with Gasteiger partial charge in [0.25, 0.3) is 0 Å². The van der Waals surface area contributed by atoms with Crippen LogP contribution in [0.25, 0.3) is 0 Å². The van der Waals surface area contributed by atoms with E-state index in [0.717, 1.165) is 32.7 Å². The zero-order valence-corrected chi connectivity index (χ0v) is 9.27. The van der Waals surface area contributed by atoms with Gasteiger partial charge >= 0.3 is 0 Å². The van der Waals surface area contributed by atoms with Gasteiger partial charge in [0.05, 0.1) is 0 Å². The highest BCUT2D eigenvalue weighted by Crippen LogP contribution is 2.16. The van der Waals surface area contributed by atoms with Crippen molar-refractivity contribution < 1.29 is 0 Å². The van der Waals surface area contributed by atoms with Crippen molar-refractivity contribution in [2.45, 2.75) is 19.6 Å². The second-order valence-electron chi connectivity index (χ2n) is 3.99. The van der Waals surface area contributed by atoms with Crippen LogP contribution in [0.15, 0.2) is 18.2 Å². The van der Waals surface area contributed by atoms with Crippen LogP contribution < -0.4 is 16.0 Å². The van der Waals surface area contributed by atoms with Crippen molar-refractivity contribution in [3.63, 3.8) is 0 Å². The molecule has 15 heavy (non-hydrogen) atoms. The van der Waals surface area contributed by atoms with Crippen molar-refractivity contribution >= 4 is 0 Å². The van der Waals surface area contributed by atoms with E-state index in [2.05, 4.69) is 34.1 Å². The van der Waals surface area contributed by atoms with Gasteiger partial charge in [-0.05, 0) is 23.7 Å². The summed E-state index contributed by atoms with van der Waals surface area (Å²) in [4.78, 5) is 0. The average Bonchev–Trinajstić information content (AvgIpc) is 2.71. The van der Waals surface area contributed by atoms with E-state index in [1.54, 1.807) is 0 Å². The Hall–Kier alpha value is -0.900. The third-order valence-electron chi connectivity index (χ3n) is 2.78. The highest BCUT2D eigenvalue weighted by molar-refractivity contribution is 5.34. The quantitative estimate of drug-likeness (QED) is 0.616. The Balaban J connectivity index is 1.87. The molecule has 3 nitrogen and oxygen atoms in total. The molecule has 0 spiro atoms. The Bertz CT molecular complexity index is 323. The lowest BCUT2D eigenvalue weighted by Crippen LogP contribution is -2.24. The predicted octanol–water partition coefficient (Wildman–Crippen LogP) is 0.599. The van der Waals surface area contributed by atoms with Gasteiger partial charge in [-0.3, -0.25) is 0 Å². The largest absolute Gasteiger partial charge is 0.318 e. The topological polar surface area (TPSA) is 36.1 Å². The summed E-state index contributed by atoms with van der Waals surface area (Å²) in [5, 5.41) is 9.89. The Kier molecular flexibility index (Phi) is 3.72. The number of hydrogen-bond donors (Lipinski definition) is 3. The van der Waals surface area contributed by atoms with Crippen molar-refractivity contribution in [3.05, 3.63) is 34.9 Å². The first kappa shape index (κ1) is 10.6. The molecule has 2 rings (SSSR count). The molecule has 3 heteroatoms. The lowest BCUT2D eigenvalue weighted by molar-refractivity contribution is 0.650. The number of nitrogens with one attached hydrogen (secondary N) is 3. The molecule has 1 aromatic carbocycles. The summed E-state index contributed by atoms with van der Waals surface area (Å²) < 4.78 is 0. The van der Waals surface area contributed by atoms with E-state index in [0.29, 0.717) is 0 Å². The Morgan fingerprint density at radius 1 is 1.20 bits per heavy atom. The van der Waals surface area contributed by atoms with Gasteiger partial charge in [0.2, 0.25) is 0 Å². The molecule has 0 fully saturated rings. The summed E-state index contributed by atoms with van der Waals surface area (Å²) >= 11 is 0. The molecule has 1 aromatic rings. The molecule has 0 unspecified atom stereocenters. The van der Waals surface area contributed by atoms with Crippen molar-refractivity contribution in [1.82, 2.24) is 16.0 Å². The number of fused-ring (bicyclic) bond motifs is 1. The molecule has 0 aliphatic carbocycles. The summed E-state index contributed by atoms with van der Waals surface area (Å²) in [7, 11) is 1.97. The second kappa shape index (κ2) is 5.26. The molecule has 0 bridgehead atoms. The molecule has 82 valence electrons. The molecule has 0 atom stereocenters. The molecular weight excluding hydrogens is 186 g/mol. The fourth-order valence-corrected chi connectivity index (χ4v) is 1.90. The van der Waals surface area contributed by atoms with E-state index in [9.17, 15) is 0 Å². The van der Waals surface area contributed by atoms with Crippen LogP contribution in [0.2, 0.25) is 0 Å². The van der Waals surface area contributed by atoms with E-state index < -0.39 is 0 Å². The van der Waals surface area contributed by atoms with Crippen LogP contribution in [0.5, 0.6) is 0 Å². The summed E-state index contributed by atoms with van der Waals surface area (Å²) in [6.45, 7) is 5.07. The second-order valence-corrected chi connectivity index (χ2v) is 3.99. The van der Waals surface area contributed by atoms with E-state index in [1.807, 2.05) is 7.05 Å². The predicted molar refractivity (Wildman–Crippen MR) is 62.6 cm³/mol. The lowest BCUT2D eigenvalue weighted by atomic mass is 10.1. The summed E-state index contributed by atoms with van der Waals surface area (Å²) in [5.41, 5.74) is 4.30. The van der Waals surface area contributed by atoms with Crippen molar-refractivity contribution in [2.75, 3.05) is 20.1 Å². The smallest absolute Gasteiger partial charge is 0.0212 e. The summed E-state index contributed by atoms with van der Waals surface area (Å²) in [5.74, 6) is 0. The first-order chi connectivity index (χ1) is 7.40. The van der Waals surface area contributed by atoms with Crippen molar-refractivity contribution in [2.24, 2.45) is 0 Å². The molecule has 0 amide bonds. The minimum Gasteiger partial charge on any atom is -0.318 e. The van der Waals surface area contributed by atoms with Crippen LogP contribution >= 0.6 is 0 Å². The molecule has 1 aliphatic heterocycles. The Morgan fingerprint density at radius 3 is 2.93 bits per heavy atom. The van der Waals surface area contributed by atoms with Crippen LogP contribution in [0, 0.1) is 0 Å². The minimum absolute atomic E-state index is 0.967. The molecule has 0 radical (unpaired) electrons. The highest BCUT2D eigenvalue weighted by atomic mass is 14.9. The third-order valence-corrected chi connectivity index (χ3v) is 2.78. The van der Waals surface area contributed by atoms with E-state index in [1.165, 1.54) is 16.7 Å². The first-order valence-corrected chi connectivity index (χ1v) is 5.57. The van der Waals surface area contributed by atoms with Crippen molar-refractivity contribution in [1.29, 1.82) is 0 Å². The van der Waals surface area contributed by atoms with Gasteiger partial charge in [0.1, 0.15) is 0 Å². The minimum atomic E-state index is 0.967. The fourth-order valence-electron chi connectivity index (χ4n) is 1.90. The van der Waals surface area contributed by atoms with E-state index in [-0.39, 0.29) is 0 Å². The normalized spacial score (nSPS) is 14.2. The van der Waals surface area contributed by atoms with Gasteiger partial charge in [-0.1, -0.05) is 18.2 Å². The molecule has 0 saturated heterocycles. The van der Waals surface area contributed by atoms with E-state index in [4.69, 9.17) is 0 Å². The average molecular weight is 205 g/mol. The maximum atomic E-state index is 3.41. The molecule has 3 N–H and O–H groups in total. The maximum absolute atomic E-state index is 3.41. The van der Waals surface area contributed by atoms with Crippen LogP contribution in [0.1, 0.15) is 16.7 Å². The van der Waals surface area contributed by atoms with E-state index >= 15 is 0 Å². The van der Waals surface area contributed by atoms with Crippen molar-refractivity contribution in [3.8, 4) is 0 Å². The zero-order valence-electron chi connectivity index (χ0n) is 9.27. The monoisotopic (exact) mass is 205 g/mol. The lowest BCUT2D eigenvalue weighted by Gasteiger charge is -2.06. The van der Waals surface area contributed by atoms with Gasteiger partial charge in [-0.25, -0.2) is 0 Å². The van der Waals surface area contributed by atoms with Gasteiger partial charge in [0.15, 0.2) is 0 Å². The fraction of sp³-hybridized carbons (Fsp3) is 0.500. The highest BCUT2D eigenvalue weighted by Gasteiger charge is 2.09. The first-order valence-electron chi connectivity index (χ1n) is 5.57. The number of likely N-dealkylation sites (N-methyl/N-ethyl adjacent to an activating group) is 1. The summed E-state index contributed by atoms with van der Waals surface area (Å²) in [6, 6.07) is 6.77. The zero-order chi connectivity index (χ0) is 10.5. The number of benzene rings is 1. The molecular formula is C12H19N3. The van der Waals surface area contributed by atoms with Gasteiger partial charge < -0.3 is 16.0 Å². The van der Waals surface area contributed by atoms with Crippen LogP contribution in [-0.4, -0.2) is 20.1 Å². The van der Waals surface area contributed by atoms with Gasteiger partial charge in [0, 0.05) is 32.7 Å². The SMILES string of the molecule is CNCCNCc1ccc2c(c1)CNC2. The van der Waals surface area contributed by atoms with Crippen LogP contribution in [0.4, 0.5) is 0 Å². The number of rotatable bonds is 5. The van der Waals surface area contributed by atoms with Crippen LogP contribution in [-0.2, 0) is 19.6 Å². The summed E-state index contributed by atoms with van der Waals surface area (Å²) in [6.07, 6.45) is 0. The maximum Gasteiger partial charge on any atom is 0.0212 e. The third kappa shape index (κ3) is 2.78. The Morgan fingerprint density at radius 2 is 2.07 bits per heavy atom. The van der Waals surface area contributed by atoms with Gasteiger partial charge in [-0.2, -0.15) is 0 Å². The Labute approximate surface area is 91.3 Å². The molecule has 1 aliphatic rings. The van der Waals surface area contributed by atoms with Gasteiger partial charge in [-0.15, -0.1) is 0 Å². The van der Waals surface area contributed by atoms with Crippen LogP contribution in [0.3, 0.4) is 0 Å². The molecule has 0 aromatic heterocycles.